The molecule has 0 saturated heterocycles. The molecule has 1 aromatic carbocycles. The minimum atomic E-state index is -0.625. The summed E-state index contributed by atoms with van der Waals surface area (Å²) in [4.78, 5) is 16.4. The van der Waals surface area contributed by atoms with Gasteiger partial charge in [0.05, 0.1) is 5.60 Å². The van der Waals surface area contributed by atoms with Crippen LogP contribution in [0, 0.1) is 16.7 Å². The molecule has 0 aliphatic heterocycles. The van der Waals surface area contributed by atoms with Crippen molar-refractivity contribution in [2.24, 2.45) is 23.8 Å². The normalized spacial score (nSPS) is 28.9. The fraction of sp³-hybridized carbons (Fsp3) is 0.581. The van der Waals surface area contributed by atoms with Gasteiger partial charge in [-0.25, -0.2) is 0 Å². The van der Waals surface area contributed by atoms with Gasteiger partial charge in [-0.3, -0.25) is 4.79 Å². The molecule has 0 radical (unpaired) electrons. The van der Waals surface area contributed by atoms with Crippen molar-refractivity contribution in [3.05, 3.63) is 60.0 Å². The minimum absolute atomic E-state index is 0.0189. The van der Waals surface area contributed by atoms with Crippen molar-refractivity contribution in [1.82, 2.24) is 20.2 Å². The van der Waals surface area contributed by atoms with Crippen LogP contribution in [-0.4, -0.2) is 38.8 Å². The van der Waals surface area contributed by atoms with Crippen LogP contribution in [0.15, 0.2) is 48.8 Å². The number of hydrogen-bond donors (Lipinski definition) is 4. The summed E-state index contributed by atoms with van der Waals surface area (Å²) in [6.07, 6.45) is 9.99. The lowest BCUT2D eigenvalue weighted by Gasteiger charge is -2.51. The Bertz CT molecular complexity index is 1240. The van der Waals surface area contributed by atoms with E-state index in [-0.39, 0.29) is 16.7 Å². The van der Waals surface area contributed by atoms with Crippen LogP contribution >= 0.6 is 0 Å². The number of aryl methyl sites for hydroxylation is 1. The number of aromatic nitrogens is 2. The molecule has 3 aromatic rings. The van der Waals surface area contributed by atoms with Crippen LogP contribution in [0.2, 0.25) is 0 Å². The van der Waals surface area contributed by atoms with Gasteiger partial charge in [-0.05, 0) is 86.0 Å². The second-order valence-electron chi connectivity index (χ2n) is 12.7. The number of hydrogen-bond acceptors (Lipinski definition) is 3. The Morgan fingerprint density at radius 1 is 1.14 bits per heavy atom. The monoisotopic (exact) mass is 504 g/mol. The average molecular weight is 505 g/mol. The molecule has 6 heteroatoms. The van der Waals surface area contributed by atoms with Gasteiger partial charge in [0.15, 0.2) is 0 Å². The quantitative estimate of drug-likeness (QED) is 0.328. The summed E-state index contributed by atoms with van der Waals surface area (Å²) in [5.74, 6) is 0.518. The van der Waals surface area contributed by atoms with E-state index in [1.54, 1.807) is 0 Å². The van der Waals surface area contributed by atoms with Gasteiger partial charge in [0.25, 0.3) is 0 Å². The van der Waals surface area contributed by atoms with Gasteiger partial charge in [-0.15, -0.1) is 0 Å². The summed E-state index contributed by atoms with van der Waals surface area (Å²) >= 11 is 0. The summed E-state index contributed by atoms with van der Waals surface area (Å²) in [6.45, 7) is 8.19. The number of fused-ring (bicyclic) bond motifs is 2. The Morgan fingerprint density at radius 2 is 1.95 bits per heavy atom. The topological polar surface area (TPSA) is 82.1 Å². The first kappa shape index (κ1) is 26.1. The molecule has 0 unspecified atom stereocenters. The zero-order valence-corrected chi connectivity index (χ0v) is 22.9. The van der Waals surface area contributed by atoms with E-state index in [1.165, 1.54) is 16.6 Å². The van der Waals surface area contributed by atoms with Crippen molar-refractivity contribution in [3.63, 3.8) is 0 Å². The predicted molar refractivity (Wildman–Crippen MR) is 149 cm³/mol. The van der Waals surface area contributed by atoms with E-state index < -0.39 is 5.60 Å². The number of amides is 1. The van der Waals surface area contributed by atoms with E-state index in [2.05, 4.69) is 83.8 Å². The van der Waals surface area contributed by atoms with Crippen LogP contribution < -0.4 is 10.6 Å². The summed E-state index contributed by atoms with van der Waals surface area (Å²) < 4.78 is 2.17. The number of aromatic amines is 1. The molecule has 200 valence electrons. The van der Waals surface area contributed by atoms with E-state index in [0.29, 0.717) is 24.9 Å². The molecule has 2 saturated carbocycles. The Morgan fingerprint density at radius 3 is 2.73 bits per heavy atom. The van der Waals surface area contributed by atoms with Crippen LogP contribution in [0.1, 0.15) is 70.6 Å². The average Bonchev–Trinajstić information content (AvgIpc) is 3.51. The molecule has 2 fully saturated rings. The highest BCUT2D eigenvalue weighted by atomic mass is 16.3. The van der Waals surface area contributed by atoms with Gasteiger partial charge >= 0.3 is 0 Å². The van der Waals surface area contributed by atoms with Crippen LogP contribution in [0.3, 0.4) is 0 Å². The first-order chi connectivity index (χ1) is 17.6. The Balaban J connectivity index is 1.25. The fourth-order valence-electron chi connectivity index (χ4n) is 7.53. The zero-order valence-electron chi connectivity index (χ0n) is 22.9. The molecule has 4 atom stereocenters. The molecule has 2 aliphatic carbocycles. The number of H-pyrrole nitrogens is 1. The van der Waals surface area contributed by atoms with Crippen molar-refractivity contribution in [2.45, 2.75) is 83.9 Å². The van der Waals surface area contributed by atoms with Crippen molar-refractivity contribution >= 4 is 16.8 Å². The third kappa shape index (κ3) is 5.23. The number of rotatable bonds is 9. The fourth-order valence-corrected chi connectivity index (χ4v) is 7.53. The van der Waals surface area contributed by atoms with Gasteiger partial charge in [0, 0.05) is 61.6 Å². The second kappa shape index (κ2) is 9.95. The smallest absolute Gasteiger partial charge is 0.220 e. The predicted octanol–water partition coefficient (Wildman–Crippen LogP) is 5.07. The maximum atomic E-state index is 13.1. The molecule has 0 bridgehead atoms. The summed E-state index contributed by atoms with van der Waals surface area (Å²) in [7, 11) is 2.09. The Labute approximate surface area is 221 Å². The molecule has 4 N–H and O–H groups in total. The lowest BCUT2D eigenvalue weighted by molar-refractivity contribution is -0.123. The SMILES string of the molecule is Cn1cccc1CN[C@H]1CC(C)(C)[C@@H]2C[C@@](C)(O)CC[C@]12CCC(=O)NCCc1c[nH]c2ccccc12. The van der Waals surface area contributed by atoms with Crippen molar-refractivity contribution < 1.29 is 9.90 Å². The van der Waals surface area contributed by atoms with Crippen LogP contribution in [0.25, 0.3) is 10.9 Å². The summed E-state index contributed by atoms with van der Waals surface area (Å²) in [5, 5.41) is 19.4. The van der Waals surface area contributed by atoms with Gasteiger partial charge in [0.2, 0.25) is 5.91 Å². The lowest BCUT2D eigenvalue weighted by atomic mass is 9.57. The molecule has 0 spiro atoms. The molecule has 5 rings (SSSR count). The molecule has 2 aliphatic rings. The van der Waals surface area contributed by atoms with Crippen LogP contribution in [0.4, 0.5) is 0 Å². The number of para-hydroxylation sites is 1. The van der Waals surface area contributed by atoms with Gasteiger partial charge in [-0.1, -0.05) is 32.0 Å². The third-order valence-corrected chi connectivity index (χ3v) is 9.62. The highest BCUT2D eigenvalue weighted by molar-refractivity contribution is 5.83. The summed E-state index contributed by atoms with van der Waals surface area (Å²) in [5.41, 5.74) is 3.16. The number of nitrogens with zero attached hydrogens (tertiary/aromatic N) is 1. The first-order valence-corrected chi connectivity index (χ1v) is 14.0. The highest BCUT2D eigenvalue weighted by Gasteiger charge is 2.61. The van der Waals surface area contributed by atoms with E-state index >= 15 is 0 Å². The van der Waals surface area contributed by atoms with Crippen LogP contribution in [0.5, 0.6) is 0 Å². The van der Waals surface area contributed by atoms with Crippen molar-refractivity contribution in [3.8, 4) is 0 Å². The van der Waals surface area contributed by atoms with E-state index in [9.17, 15) is 9.90 Å². The Kier molecular flexibility index (Phi) is 7.01. The number of carbonyl (C=O) groups excluding carboxylic acids is 1. The van der Waals surface area contributed by atoms with Crippen molar-refractivity contribution in [2.75, 3.05) is 6.54 Å². The largest absolute Gasteiger partial charge is 0.390 e. The standard InChI is InChI=1S/C31H44N4O2/c1-29(2)19-27(34-21-23-8-7-17-35(23)4)31(15-14-30(3,37)18-26(29)31)13-11-28(36)32-16-12-22-20-33-25-10-6-5-9-24(22)25/h5-10,17,20,26-27,33-34,37H,11-16,18-19,21H2,1-4H3,(H,32,36)/t26-,27-,30-,31-/m0/s1. The minimum Gasteiger partial charge on any atom is -0.390 e. The molecule has 37 heavy (non-hydrogen) atoms. The molecule has 2 aromatic heterocycles. The number of carbonyl (C=O) groups is 1. The van der Waals surface area contributed by atoms with E-state index in [4.69, 9.17) is 0 Å². The highest BCUT2D eigenvalue weighted by Crippen LogP contribution is 2.63. The molecule has 1 amide bonds. The van der Waals surface area contributed by atoms with Crippen molar-refractivity contribution in [1.29, 1.82) is 0 Å². The molecular weight excluding hydrogens is 460 g/mol. The third-order valence-electron chi connectivity index (χ3n) is 9.62. The number of nitrogens with one attached hydrogen (secondary N) is 3. The van der Waals surface area contributed by atoms with Gasteiger partial charge in [-0.2, -0.15) is 0 Å². The number of benzene rings is 1. The molecule has 2 heterocycles. The molecule has 6 nitrogen and oxygen atoms in total. The van der Waals surface area contributed by atoms with E-state index in [0.717, 1.165) is 50.6 Å². The maximum absolute atomic E-state index is 13.1. The van der Waals surface area contributed by atoms with E-state index in [1.807, 2.05) is 13.0 Å². The second-order valence-corrected chi connectivity index (χ2v) is 12.7. The zero-order chi connectivity index (χ0) is 26.3. The molecular formula is C31H44N4O2. The maximum Gasteiger partial charge on any atom is 0.220 e. The first-order valence-electron chi connectivity index (χ1n) is 14.0. The summed E-state index contributed by atoms with van der Waals surface area (Å²) in [6, 6.07) is 12.9. The van der Waals surface area contributed by atoms with Gasteiger partial charge < -0.3 is 25.3 Å². The van der Waals surface area contributed by atoms with Gasteiger partial charge in [0.1, 0.15) is 0 Å². The Hall–Kier alpha value is -2.57. The number of aliphatic hydroxyl groups is 1. The van der Waals surface area contributed by atoms with Crippen LogP contribution in [-0.2, 0) is 24.8 Å². The lowest BCUT2D eigenvalue weighted by Crippen LogP contribution is -2.51.